The van der Waals surface area contributed by atoms with E-state index in [1.165, 1.54) is 0 Å². The topological polar surface area (TPSA) is 72.5 Å². The number of rotatable bonds is 5. The van der Waals surface area contributed by atoms with Crippen LogP contribution in [0.3, 0.4) is 0 Å². The van der Waals surface area contributed by atoms with E-state index in [1.54, 1.807) is 11.8 Å². The Balaban J connectivity index is 1.25. The van der Waals surface area contributed by atoms with Gasteiger partial charge in [-0.2, -0.15) is 0 Å². The molecule has 5 rings (SSSR count). The Labute approximate surface area is 174 Å². The SMILES string of the molecule is COc1cccc(-n2cc(CN3CCCN(c4noc5ccccc45)CC3)nn2)c1. The number of anilines is 1. The Morgan fingerprint density at radius 3 is 2.90 bits per heavy atom. The summed E-state index contributed by atoms with van der Waals surface area (Å²) < 4.78 is 12.6. The molecule has 0 unspecified atom stereocenters. The van der Waals surface area contributed by atoms with Crippen LogP contribution >= 0.6 is 0 Å². The van der Waals surface area contributed by atoms with Gasteiger partial charge in [0.2, 0.25) is 0 Å². The van der Waals surface area contributed by atoms with Crippen molar-refractivity contribution in [1.29, 1.82) is 0 Å². The standard InChI is InChI=1S/C22H24N6O2/c1-29-19-7-4-6-18(14-19)28-16-17(23-25-28)15-26-10-5-11-27(13-12-26)22-20-8-2-3-9-21(20)30-24-22/h2-4,6-9,14,16H,5,10-13,15H2,1H3. The number of hydrogen-bond donors (Lipinski definition) is 0. The number of benzene rings is 2. The summed E-state index contributed by atoms with van der Waals surface area (Å²) in [5.41, 5.74) is 2.73. The number of para-hydroxylation sites is 1. The highest BCUT2D eigenvalue weighted by atomic mass is 16.5. The molecule has 2 aromatic heterocycles. The minimum Gasteiger partial charge on any atom is -0.497 e. The van der Waals surface area contributed by atoms with Gasteiger partial charge >= 0.3 is 0 Å². The molecule has 0 saturated carbocycles. The van der Waals surface area contributed by atoms with Crippen LogP contribution in [0.4, 0.5) is 5.82 Å². The monoisotopic (exact) mass is 404 g/mol. The molecule has 4 aromatic rings. The van der Waals surface area contributed by atoms with Gasteiger partial charge in [0.15, 0.2) is 11.4 Å². The maximum Gasteiger partial charge on any atom is 0.179 e. The number of nitrogens with zero attached hydrogens (tertiary/aromatic N) is 6. The molecule has 0 amide bonds. The molecule has 3 heterocycles. The maximum atomic E-state index is 5.49. The molecule has 1 fully saturated rings. The van der Waals surface area contributed by atoms with E-state index in [0.29, 0.717) is 0 Å². The van der Waals surface area contributed by atoms with Crippen molar-refractivity contribution in [3.63, 3.8) is 0 Å². The Bertz CT molecular complexity index is 1140. The third-order valence-electron chi connectivity index (χ3n) is 5.49. The number of fused-ring (bicyclic) bond motifs is 1. The smallest absolute Gasteiger partial charge is 0.179 e. The minimum atomic E-state index is 0.775. The zero-order valence-electron chi connectivity index (χ0n) is 16.9. The highest BCUT2D eigenvalue weighted by molar-refractivity contribution is 5.88. The molecule has 1 aliphatic rings. The van der Waals surface area contributed by atoms with Crippen LogP contribution in [0, 0.1) is 0 Å². The fourth-order valence-corrected chi connectivity index (χ4v) is 3.92. The Kier molecular flexibility index (Phi) is 5.06. The molecule has 30 heavy (non-hydrogen) atoms. The molecule has 0 spiro atoms. The molecule has 0 radical (unpaired) electrons. The van der Waals surface area contributed by atoms with E-state index in [2.05, 4.69) is 31.3 Å². The van der Waals surface area contributed by atoms with Crippen LogP contribution in [0.5, 0.6) is 5.75 Å². The van der Waals surface area contributed by atoms with E-state index in [4.69, 9.17) is 9.26 Å². The van der Waals surface area contributed by atoms with Crippen molar-refractivity contribution in [3.8, 4) is 11.4 Å². The third kappa shape index (κ3) is 3.73. The van der Waals surface area contributed by atoms with Crippen molar-refractivity contribution >= 4 is 16.8 Å². The lowest BCUT2D eigenvalue weighted by molar-refractivity contribution is 0.282. The summed E-state index contributed by atoms with van der Waals surface area (Å²) in [6.07, 6.45) is 3.05. The highest BCUT2D eigenvalue weighted by Crippen LogP contribution is 2.26. The normalized spacial score (nSPS) is 15.4. The van der Waals surface area contributed by atoms with Crippen LogP contribution in [0.15, 0.2) is 59.3 Å². The Hall–Kier alpha value is -3.39. The number of methoxy groups -OCH3 is 1. The average molecular weight is 404 g/mol. The van der Waals surface area contributed by atoms with E-state index in [-0.39, 0.29) is 0 Å². The summed E-state index contributed by atoms with van der Waals surface area (Å²) in [7, 11) is 1.66. The quantitative estimate of drug-likeness (QED) is 0.506. The minimum absolute atomic E-state index is 0.775. The van der Waals surface area contributed by atoms with Gasteiger partial charge in [-0.15, -0.1) is 5.10 Å². The van der Waals surface area contributed by atoms with Gasteiger partial charge in [0.1, 0.15) is 5.75 Å². The first-order valence-corrected chi connectivity index (χ1v) is 10.2. The highest BCUT2D eigenvalue weighted by Gasteiger charge is 2.20. The maximum absolute atomic E-state index is 5.49. The lowest BCUT2D eigenvalue weighted by Crippen LogP contribution is -2.30. The van der Waals surface area contributed by atoms with E-state index in [9.17, 15) is 0 Å². The molecule has 8 nitrogen and oxygen atoms in total. The van der Waals surface area contributed by atoms with Crippen molar-refractivity contribution in [2.45, 2.75) is 13.0 Å². The lowest BCUT2D eigenvalue weighted by Gasteiger charge is -2.20. The second-order valence-electron chi connectivity index (χ2n) is 7.48. The second-order valence-corrected chi connectivity index (χ2v) is 7.48. The van der Waals surface area contributed by atoms with Gasteiger partial charge in [-0.1, -0.05) is 28.6 Å². The largest absolute Gasteiger partial charge is 0.497 e. The summed E-state index contributed by atoms with van der Waals surface area (Å²) in [4.78, 5) is 4.74. The molecule has 0 aliphatic carbocycles. The van der Waals surface area contributed by atoms with Gasteiger partial charge in [-0.3, -0.25) is 4.90 Å². The molecule has 0 atom stereocenters. The van der Waals surface area contributed by atoms with Crippen molar-refractivity contribution in [1.82, 2.24) is 25.1 Å². The van der Waals surface area contributed by atoms with Gasteiger partial charge in [-0.25, -0.2) is 4.68 Å². The van der Waals surface area contributed by atoms with Crippen LogP contribution in [0.25, 0.3) is 16.7 Å². The Morgan fingerprint density at radius 1 is 1.03 bits per heavy atom. The van der Waals surface area contributed by atoms with Gasteiger partial charge in [0.05, 0.1) is 30.1 Å². The van der Waals surface area contributed by atoms with Gasteiger partial charge in [-0.05, 0) is 30.7 Å². The second kappa shape index (κ2) is 8.16. The van der Waals surface area contributed by atoms with Crippen molar-refractivity contribution in [2.24, 2.45) is 0 Å². The molecule has 1 aliphatic heterocycles. The molecule has 8 heteroatoms. The molecule has 2 aromatic carbocycles. The summed E-state index contributed by atoms with van der Waals surface area (Å²) in [5.74, 6) is 1.74. The molecule has 154 valence electrons. The van der Waals surface area contributed by atoms with Gasteiger partial charge < -0.3 is 14.2 Å². The fourth-order valence-electron chi connectivity index (χ4n) is 3.92. The predicted molar refractivity (Wildman–Crippen MR) is 114 cm³/mol. The molecule has 1 saturated heterocycles. The van der Waals surface area contributed by atoms with E-state index < -0.39 is 0 Å². The molecule has 0 N–H and O–H groups in total. The molecule has 0 bridgehead atoms. The summed E-state index contributed by atoms with van der Waals surface area (Å²) in [6.45, 7) is 4.59. The van der Waals surface area contributed by atoms with E-state index >= 15 is 0 Å². The van der Waals surface area contributed by atoms with Crippen LogP contribution in [-0.4, -0.2) is 58.3 Å². The summed E-state index contributed by atoms with van der Waals surface area (Å²) in [6, 6.07) is 15.8. The molecular weight excluding hydrogens is 380 g/mol. The third-order valence-corrected chi connectivity index (χ3v) is 5.49. The average Bonchev–Trinajstić information content (AvgIpc) is 3.37. The Morgan fingerprint density at radius 2 is 1.97 bits per heavy atom. The predicted octanol–water partition coefficient (Wildman–Crippen LogP) is 3.13. The van der Waals surface area contributed by atoms with Gasteiger partial charge in [0.25, 0.3) is 0 Å². The van der Waals surface area contributed by atoms with Crippen molar-refractivity contribution in [3.05, 3.63) is 60.4 Å². The number of aromatic nitrogens is 4. The summed E-state index contributed by atoms with van der Waals surface area (Å²) in [5, 5.41) is 14.1. The van der Waals surface area contributed by atoms with E-state index in [0.717, 1.165) is 73.1 Å². The zero-order chi connectivity index (χ0) is 20.3. The van der Waals surface area contributed by atoms with Crippen LogP contribution in [0.1, 0.15) is 12.1 Å². The van der Waals surface area contributed by atoms with Crippen LogP contribution in [0.2, 0.25) is 0 Å². The van der Waals surface area contributed by atoms with Crippen LogP contribution < -0.4 is 9.64 Å². The summed E-state index contributed by atoms with van der Waals surface area (Å²) >= 11 is 0. The molecular formula is C22H24N6O2. The van der Waals surface area contributed by atoms with Crippen molar-refractivity contribution < 1.29 is 9.26 Å². The van der Waals surface area contributed by atoms with E-state index in [1.807, 2.05) is 48.7 Å². The first-order chi connectivity index (χ1) is 14.8. The fraction of sp³-hybridized carbons (Fsp3) is 0.318. The van der Waals surface area contributed by atoms with Gasteiger partial charge in [0, 0.05) is 38.8 Å². The first kappa shape index (κ1) is 18.6. The zero-order valence-corrected chi connectivity index (χ0v) is 16.9. The number of hydrogen-bond acceptors (Lipinski definition) is 7. The lowest BCUT2D eigenvalue weighted by atomic mass is 10.2. The first-order valence-electron chi connectivity index (χ1n) is 10.2. The van der Waals surface area contributed by atoms with Crippen LogP contribution in [-0.2, 0) is 6.54 Å². The van der Waals surface area contributed by atoms with Crippen molar-refractivity contribution in [2.75, 3.05) is 38.2 Å². The number of ether oxygens (including phenoxy) is 1.